The van der Waals surface area contributed by atoms with Crippen LogP contribution in [0.2, 0.25) is 0 Å². The fraction of sp³-hybridized carbons (Fsp3) is 0.640. The number of hydrogen-bond acceptors (Lipinski definition) is 2. The summed E-state index contributed by atoms with van der Waals surface area (Å²) in [6, 6.07) is 10.9. The Hall–Kier alpha value is -1.57. The minimum Gasteiger partial charge on any atom is -0.469 e. The number of ether oxygens (including phenoxy) is 1. The highest BCUT2D eigenvalue weighted by Crippen LogP contribution is 2.24. The molecular formula is C25H40O2. The molecule has 0 saturated carbocycles. The van der Waals surface area contributed by atoms with Crippen LogP contribution in [-0.2, 0) is 9.53 Å². The van der Waals surface area contributed by atoms with Crippen molar-refractivity contribution in [2.24, 2.45) is 0 Å². The Morgan fingerprint density at radius 2 is 1.59 bits per heavy atom. The summed E-state index contributed by atoms with van der Waals surface area (Å²) in [4.78, 5) is 11.1. The van der Waals surface area contributed by atoms with Crippen molar-refractivity contribution in [1.29, 1.82) is 0 Å². The van der Waals surface area contributed by atoms with Crippen molar-refractivity contribution in [2.45, 2.75) is 96.3 Å². The van der Waals surface area contributed by atoms with Crippen molar-refractivity contribution in [3.8, 4) is 0 Å². The molecular weight excluding hydrogens is 332 g/mol. The molecule has 152 valence electrons. The first-order valence-corrected chi connectivity index (χ1v) is 11.1. The Bertz CT molecular complexity index is 492. The molecule has 1 aromatic rings. The van der Waals surface area contributed by atoms with Gasteiger partial charge in [-0.2, -0.15) is 0 Å². The van der Waals surface area contributed by atoms with Gasteiger partial charge in [-0.25, -0.2) is 0 Å². The summed E-state index contributed by atoms with van der Waals surface area (Å²) in [5.41, 5.74) is 1.44. The molecule has 0 aliphatic heterocycles. The molecule has 0 aromatic heterocycles. The molecule has 27 heavy (non-hydrogen) atoms. The number of unbranched alkanes of at least 4 members (excludes halogenated alkanes) is 9. The lowest BCUT2D eigenvalue weighted by atomic mass is 9.92. The normalized spacial score (nSPS) is 12.4. The summed E-state index contributed by atoms with van der Waals surface area (Å²) in [6.07, 6.45) is 20.3. The van der Waals surface area contributed by atoms with E-state index in [2.05, 4.69) is 54.1 Å². The number of methoxy groups -OCH3 is 1. The second-order valence-electron chi connectivity index (χ2n) is 7.53. The predicted molar refractivity (Wildman–Crippen MR) is 116 cm³/mol. The van der Waals surface area contributed by atoms with Gasteiger partial charge in [0.25, 0.3) is 0 Å². The molecule has 0 radical (unpaired) electrons. The minimum absolute atomic E-state index is 0.0877. The zero-order valence-corrected chi connectivity index (χ0v) is 17.6. The molecule has 2 nitrogen and oxygen atoms in total. The molecule has 1 aromatic carbocycles. The van der Waals surface area contributed by atoms with Crippen molar-refractivity contribution < 1.29 is 9.53 Å². The van der Waals surface area contributed by atoms with E-state index >= 15 is 0 Å². The zero-order chi connectivity index (χ0) is 19.6. The van der Waals surface area contributed by atoms with Crippen LogP contribution in [0.3, 0.4) is 0 Å². The summed E-state index contributed by atoms with van der Waals surface area (Å²) < 4.78 is 4.67. The highest BCUT2D eigenvalue weighted by atomic mass is 16.5. The Morgan fingerprint density at radius 1 is 0.926 bits per heavy atom. The van der Waals surface area contributed by atoms with Crippen LogP contribution in [0.4, 0.5) is 0 Å². The maximum absolute atomic E-state index is 11.1. The Kier molecular flexibility index (Phi) is 14.4. The van der Waals surface area contributed by atoms with E-state index < -0.39 is 0 Å². The van der Waals surface area contributed by atoms with E-state index in [0.717, 1.165) is 19.3 Å². The largest absolute Gasteiger partial charge is 0.469 e. The van der Waals surface area contributed by atoms with Crippen LogP contribution in [0.1, 0.15) is 102 Å². The van der Waals surface area contributed by atoms with E-state index in [1.165, 1.54) is 70.5 Å². The summed E-state index contributed by atoms with van der Waals surface area (Å²) in [7, 11) is 1.46. The predicted octanol–water partition coefficient (Wildman–Crippen LogP) is 7.59. The molecule has 1 atom stereocenters. The fourth-order valence-corrected chi connectivity index (χ4v) is 3.47. The SMILES string of the molecule is CCCCCCCCC(/C=C/CCCCCCC(=O)OC)c1ccccc1. The quantitative estimate of drug-likeness (QED) is 0.170. The molecule has 0 amide bonds. The molecule has 0 spiro atoms. The first-order valence-electron chi connectivity index (χ1n) is 11.1. The Labute approximate surface area is 167 Å². The Morgan fingerprint density at radius 3 is 2.33 bits per heavy atom. The summed E-state index contributed by atoms with van der Waals surface area (Å²) in [5.74, 6) is 0.465. The van der Waals surface area contributed by atoms with Crippen LogP contribution in [0.5, 0.6) is 0 Å². The molecule has 0 aliphatic carbocycles. The van der Waals surface area contributed by atoms with Crippen molar-refractivity contribution in [3.63, 3.8) is 0 Å². The number of hydrogen-bond donors (Lipinski definition) is 0. The number of esters is 1. The molecule has 0 aliphatic rings. The van der Waals surface area contributed by atoms with E-state index in [9.17, 15) is 4.79 Å². The first-order chi connectivity index (χ1) is 13.3. The van der Waals surface area contributed by atoms with Crippen molar-refractivity contribution in [2.75, 3.05) is 7.11 Å². The van der Waals surface area contributed by atoms with Gasteiger partial charge in [-0.15, -0.1) is 0 Å². The number of carbonyl (C=O) groups excluding carboxylic acids is 1. The van der Waals surface area contributed by atoms with Gasteiger partial charge < -0.3 is 4.74 Å². The van der Waals surface area contributed by atoms with Crippen LogP contribution >= 0.6 is 0 Å². The summed E-state index contributed by atoms with van der Waals surface area (Å²) >= 11 is 0. The third-order valence-electron chi connectivity index (χ3n) is 5.19. The van der Waals surface area contributed by atoms with E-state index in [0.29, 0.717) is 12.3 Å². The standard InChI is InChI=1S/C25H40O2/c1-3-4-5-6-9-13-18-23(24-20-15-12-16-21-24)19-14-10-7-8-11-17-22-25(26)27-2/h12,14-16,19-21,23H,3-11,13,17-18,22H2,1-2H3/b19-14+. The van der Waals surface area contributed by atoms with Crippen molar-refractivity contribution in [3.05, 3.63) is 48.0 Å². The lowest BCUT2D eigenvalue weighted by Crippen LogP contribution is -1.99. The van der Waals surface area contributed by atoms with E-state index in [4.69, 9.17) is 0 Å². The second-order valence-corrected chi connectivity index (χ2v) is 7.53. The third-order valence-corrected chi connectivity index (χ3v) is 5.19. The van der Waals surface area contributed by atoms with Crippen molar-refractivity contribution in [1.82, 2.24) is 0 Å². The van der Waals surface area contributed by atoms with Crippen LogP contribution < -0.4 is 0 Å². The number of rotatable bonds is 16. The zero-order valence-electron chi connectivity index (χ0n) is 17.6. The highest BCUT2D eigenvalue weighted by Gasteiger charge is 2.07. The van der Waals surface area contributed by atoms with E-state index in [1.54, 1.807) is 0 Å². The second kappa shape index (κ2) is 16.6. The number of benzene rings is 1. The van der Waals surface area contributed by atoms with Gasteiger partial charge >= 0.3 is 5.97 Å². The average Bonchev–Trinajstić information content (AvgIpc) is 2.71. The van der Waals surface area contributed by atoms with Crippen LogP contribution in [0.25, 0.3) is 0 Å². The Balaban J connectivity index is 2.27. The first kappa shape index (κ1) is 23.5. The molecule has 1 unspecified atom stereocenters. The molecule has 0 saturated heterocycles. The van der Waals surface area contributed by atoms with Gasteiger partial charge in [0.2, 0.25) is 0 Å². The lowest BCUT2D eigenvalue weighted by molar-refractivity contribution is -0.140. The van der Waals surface area contributed by atoms with Gasteiger partial charge in [-0.3, -0.25) is 4.79 Å². The van der Waals surface area contributed by atoms with Gasteiger partial charge in [0, 0.05) is 12.3 Å². The lowest BCUT2D eigenvalue weighted by Gasteiger charge is -2.13. The molecule has 0 bridgehead atoms. The van der Waals surface area contributed by atoms with Crippen molar-refractivity contribution >= 4 is 5.97 Å². The monoisotopic (exact) mass is 372 g/mol. The smallest absolute Gasteiger partial charge is 0.305 e. The highest BCUT2D eigenvalue weighted by molar-refractivity contribution is 5.68. The third kappa shape index (κ3) is 12.4. The maximum atomic E-state index is 11.1. The van der Waals surface area contributed by atoms with Gasteiger partial charge in [0.15, 0.2) is 0 Å². The number of carbonyl (C=O) groups is 1. The molecule has 1 rings (SSSR count). The molecule has 2 heteroatoms. The van der Waals surface area contributed by atoms with Crippen LogP contribution in [-0.4, -0.2) is 13.1 Å². The molecule has 0 fully saturated rings. The van der Waals surface area contributed by atoms with E-state index in [-0.39, 0.29) is 5.97 Å². The molecule has 0 heterocycles. The van der Waals surface area contributed by atoms with Gasteiger partial charge in [0.1, 0.15) is 0 Å². The molecule has 0 N–H and O–H groups in total. The van der Waals surface area contributed by atoms with Crippen LogP contribution in [0.15, 0.2) is 42.5 Å². The average molecular weight is 373 g/mol. The van der Waals surface area contributed by atoms with Gasteiger partial charge in [-0.05, 0) is 31.2 Å². The van der Waals surface area contributed by atoms with Gasteiger partial charge in [0.05, 0.1) is 7.11 Å². The maximum Gasteiger partial charge on any atom is 0.305 e. The topological polar surface area (TPSA) is 26.3 Å². The fourth-order valence-electron chi connectivity index (χ4n) is 3.47. The summed E-state index contributed by atoms with van der Waals surface area (Å²) in [5, 5.41) is 0. The summed E-state index contributed by atoms with van der Waals surface area (Å²) in [6.45, 7) is 2.27. The van der Waals surface area contributed by atoms with Crippen LogP contribution in [0, 0.1) is 0 Å². The van der Waals surface area contributed by atoms with E-state index in [1.807, 2.05) is 0 Å². The number of allylic oxidation sites excluding steroid dienone is 2. The minimum atomic E-state index is -0.0877. The van der Waals surface area contributed by atoms with Gasteiger partial charge in [-0.1, -0.05) is 101 Å².